The summed E-state index contributed by atoms with van der Waals surface area (Å²) in [5.74, 6) is -1.69. The number of aliphatic carboxylic acids is 1. The van der Waals surface area contributed by atoms with Gasteiger partial charge >= 0.3 is 0 Å². The molecule has 6 nitrogen and oxygen atoms in total. The topological polar surface area (TPSA) is 98.3 Å². The molecule has 0 saturated carbocycles. The average molecular weight is 385 g/mol. The number of benzene rings is 2. The van der Waals surface area contributed by atoms with Crippen molar-refractivity contribution in [2.24, 2.45) is 0 Å². The molecule has 0 spiro atoms. The maximum atomic E-state index is 12.5. The molecule has 0 fully saturated rings. The Labute approximate surface area is 162 Å². The van der Waals surface area contributed by atoms with Gasteiger partial charge in [0.05, 0.1) is 23.3 Å². The van der Waals surface area contributed by atoms with E-state index in [1.807, 2.05) is 25.3 Å². The van der Waals surface area contributed by atoms with Crippen molar-refractivity contribution in [3.8, 4) is 0 Å². The number of anilines is 1. The Morgan fingerprint density at radius 3 is 2.33 bits per heavy atom. The number of thioether (sulfide) groups is 1. The van der Waals surface area contributed by atoms with Crippen LogP contribution in [0.2, 0.25) is 0 Å². The highest BCUT2D eigenvalue weighted by atomic mass is 32.2. The number of carbonyl (C=O) groups is 3. The van der Waals surface area contributed by atoms with Crippen molar-refractivity contribution in [2.75, 3.05) is 17.3 Å². The number of carbonyl (C=O) groups excluding carboxylic acids is 3. The smallest absolute Gasteiger partial charge is 0.255 e. The second-order valence-electron chi connectivity index (χ2n) is 5.99. The van der Waals surface area contributed by atoms with Crippen molar-refractivity contribution < 1.29 is 19.5 Å². The van der Waals surface area contributed by atoms with Crippen LogP contribution in [0.1, 0.15) is 32.7 Å². The first kappa shape index (κ1) is 20.5. The summed E-state index contributed by atoms with van der Waals surface area (Å²) in [6.07, 6.45) is 2.11. The van der Waals surface area contributed by atoms with Gasteiger partial charge in [-0.2, -0.15) is 11.8 Å². The average Bonchev–Trinajstić information content (AvgIpc) is 2.65. The lowest BCUT2D eigenvalue weighted by Crippen LogP contribution is -2.48. The third kappa shape index (κ3) is 5.86. The highest BCUT2D eigenvalue weighted by molar-refractivity contribution is 7.98. The Kier molecular flexibility index (Phi) is 7.43. The van der Waals surface area contributed by atoms with Crippen LogP contribution in [0.5, 0.6) is 0 Å². The summed E-state index contributed by atoms with van der Waals surface area (Å²) in [5, 5.41) is 16.4. The van der Waals surface area contributed by atoms with E-state index in [0.717, 1.165) is 5.56 Å². The minimum atomic E-state index is -1.33. The van der Waals surface area contributed by atoms with Gasteiger partial charge in [0, 0.05) is 5.56 Å². The van der Waals surface area contributed by atoms with Gasteiger partial charge in [0.1, 0.15) is 0 Å². The monoisotopic (exact) mass is 385 g/mol. The lowest BCUT2D eigenvalue weighted by Gasteiger charge is -2.20. The van der Waals surface area contributed by atoms with Crippen LogP contribution < -0.4 is 15.7 Å². The molecule has 1 atom stereocenters. The molecule has 2 rings (SSSR count). The molecule has 0 heterocycles. The van der Waals surface area contributed by atoms with E-state index in [2.05, 4.69) is 10.6 Å². The minimum Gasteiger partial charge on any atom is -0.548 e. The molecule has 2 aromatic carbocycles. The molecule has 0 aliphatic carbocycles. The number of hydrogen-bond acceptors (Lipinski definition) is 5. The zero-order valence-electron chi connectivity index (χ0n) is 15.2. The molecule has 0 unspecified atom stereocenters. The zero-order valence-corrected chi connectivity index (χ0v) is 16.0. The summed E-state index contributed by atoms with van der Waals surface area (Å²) in [6, 6.07) is 12.4. The summed E-state index contributed by atoms with van der Waals surface area (Å²) >= 11 is 1.48. The van der Waals surface area contributed by atoms with Gasteiger partial charge in [-0.05, 0) is 49.6 Å². The van der Waals surface area contributed by atoms with Crippen LogP contribution in [0, 0.1) is 6.92 Å². The Hall–Kier alpha value is -2.80. The molecule has 0 radical (unpaired) electrons. The largest absolute Gasteiger partial charge is 0.548 e. The van der Waals surface area contributed by atoms with Crippen LogP contribution in [0.25, 0.3) is 0 Å². The van der Waals surface area contributed by atoms with E-state index < -0.39 is 17.9 Å². The first-order valence-corrected chi connectivity index (χ1v) is 9.79. The van der Waals surface area contributed by atoms with Crippen molar-refractivity contribution in [3.63, 3.8) is 0 Å². The number of rotatable bonds is 8. The van der Waals surface area contributed by atoms with Crippen LogP contribution in [0.4, 0.5) is 5.69 Å². The van der Waals surface area contributed by atoms with E-state index in [-0.39, 0.29) is 17.9 Å². The fourth-order valence-corrected chi connectivity index (χ4v) is 2.88. The Morgan fingerprint density at radius 2 is 1.70 bits per heavy atom. The molecule has 0 bridgehead atoms. The van der Waals surface area contributed by atoms with Crippen molar-refractivity contribution in [2.45, 2.75) is 19.4 Å². The van der Waals surface area contributed by atoms with Crippen LogP contribution >= 0.6 is 11.8 Å². The van der Waals surface area contributed by atoms with Gasteiger partial charge in [-0.25, -0.2) is 0 Å². The summed E-state index contributed by atoms with van der Waals surface area (Å²) in [6.45, 7) is 1.92. The number of aryl methyl sites for hydroxylation is 1. The molecular weight excluding hydrogens is 364 g/mol. The van der Waals surface area contributed by atoms with Crippen LogP contribution in [0.15, 0.2) is 48.5 Å². The van der Waals surface area contributed by atoms with Gasteiger partial charge in [-0.3, -0.25) is 9.59 Å². The van der Waals surface area contributed by atoms with Crippen molar-refractivity contribution in [1.82, 2.24) is 5.32 Å². The Morgan fingerprint density at radius 1 is 1.04 bits per heavy atom. The molecule has 0 aliphatic heterocycles. The van der Waals surface area contributed by atoms with Crippen molar-refractivity contribution >= 4 is 35.2 Å². The number of para-hydroxylation sites is 1. The third-order valence-electron chi connectivity index (χ3n) is 3.93. The fraction of sp³-hybridized carbons (Fsp3) is 0.250. The number of carboxylic acid groups (broad SMARTS) is 1. The van der Waals surface area contributed by atoms with Gasteiger partial charge < -0.3 is 20.5 Å². The first-order chi connectivity index (χ1) is 12.9. The molecular formula is C20H21N2O4S-. The number of nitrogens with one attached hydrogen (secondary N) is 2. The number of carboxylic acids is 1. The quantitative estimate of drug-likeness (QED) is 0.723. The van der Waals surface area contributed by atoms with Crippen LogP contribution in [-0.2, 0) is 4.79 Å². The predicted octanol–water partition coefficient (Wildman–Crippen LogP) is 1.85. The summed E-state index contributed by atoms with van der Waals surface area (Å²) in [4.78, 5) is 36.2. The number of amides is 2. The van der Waals surface area contributed by atoms with Gasteiger partial charge in [-0.1, -0.05) is 29.8 Å². The summed E-state index contributed by atoms with van der Waals surface area (Å²) in [7, 11) is 0. The highest BCUT2D eigenvalue weighted by Crippen LogP contribution is 2.17. The second-order valence-corrected chi connectivity index (χ2v) is 6.98. The Bertz CT molecular complexity index is 821. The van der Waals surface area contributed by atoms with E-state index in [0.29, 0.717) is 17.0 Å². The molecule has 2 aromatic rings. The first-order valence-electron chi connectivity index (χ1n) is 8.40. The zero-order chi connectivity index (χ0) is 19.8. The lowest BCUT2D eigenvalue weighted by molar-refractivity contribution is -0.308. The van der Waals surface area contributed by atoms with Crippen molar-refractivity contribution in [1.29, 1.82) is 0 Å². The molecule has 0 aromatic heterocycles. The molecule has 7 heteroatoms. The van der Waals surface area contributed by atoms with Crippen molar-refractivity contribution in [3.05, 3.63) is 65.2 Å². The molecule has 27 heavy (non-hydrogen) atoms. The Balaban J connectivity index is 2.16. The second kappa shape index (κ2) is 9.78. The van der Waals surface area contributed by atoms with E-state index in [9.17, 15) is 19.5 Å². The lowest BCUT2D eigenvalue weighted by atomic mass is 10.1. The van der Waals surface area contributed by atoms with E-state index in [4.69, 9.17) is 0 Å². The minimum absolute atomic E-state index is 0.188. The maximum absolute atomic E-state index is 12.5. The fourth-order valence-electron chi connectivity index (χ4n) is 2.41. The van der Waals surface area contributed by atoms with E-state index in [1.54, 1.807) is 30.3 Å². The summed E-state index contributed by atoms with van der Waals surface area (Å²) in [5.41, 5.74) is 1.99. The standard InChI is InChI=1S/C20H22N2O4S/c1-13-7-9-14(10-8-13)18(23)21-16-6-4-3-5-15(16)19(24)22-17(20(25)26)11-12-27-2/h3-10,17H,11-12H2,1-2H3,(H,21,23)(H,22,24)(H,25,26)/p-1/t17-/m0/s1. The van der Waals surface area contributed by atoms with E-state index >= 15 is 0 Å². The molecule has 2 N–H and O–H groups in total. The predicted molar refractivity (Wildman–Crippen MR) is 105 cm³/mol. The normalized spacial score (nSPS) is 11.5. The number of hydrogen-bond donors (Lipinski definition) is 2. The van der Waals surface area contributed by atoms with Gasteiger partial charge in [0.2, 0.25) is 0 Å². The molecule has 0 saturated heterocycles. The highest BCUT2D eigenvalue weighted by Gasteiger charge is 2.18. The molecule has 142 valence electrons. The van der Waals surface area contributed by atoms with Gasteiger partial charge in [0.15, 0.2) is 0 Å². The van der Waals surface area contributed by atoms with E-state index in [1.165, 1.54) is 17.8 Å². The van der Waals surface area contributed by atoms with Crippen LogP contribution in [-0.4, -0.2) is 35.8 Å². The SMILES string of the molecule is CSCC[C@H](NC(=O)c1ccccc1NC(=O)c1ccc(C)cc1)C(=O)[O-]. The van der Waals surface area contributed by atoms with Gasteiger partial charge in [0.25, 0.3) is 11.8 Å². The molecule has 2 amide bonds. The third-order valence-corrected chi connectivity index (χ3v) is 4.58. The molecule has 0 aliphatic rings. The summed E-state index contributed by atoms with van der Waals surface area (Å²) < 4.78 is 0. The maximum Gasteiger partial charge on any atom is 0.255 e. The van der Waals surface area contributed by atoms with Gasteiger partial charge in [-0.15, -0.1) is 0 Å². The van der Waals surface area contributed by atoms with Crippen LogP contribution in [0.3, 0.4) is 0 Å².